The fourth-order valence-electron chi connectivity index (χ4n) is 6.42. The van der Waals surface area contributed by atoms with Crippen LogP contribution >= 0.6 is 0 Å². The van der Waals surface area contributed by atoms with Crippen LogP contribution in [0.3, 0.4) is 0 Å². The van der Waals surface area contributed by atoms with Gasteiger partial charge < -0.3 is 29.9 Å². The summed E-state index contributed by atoms with van der Waals surface area (Å²) in [6.45, 7) is 4.07. The Bertz CT molecular complexity index is 726. The van der Waals surface area contributed by atoms with Crippen LogP contribution in [0.25, 0.3) is 0 Å². The summed E-state index contributed by atoms with van der Waals surface area (Å²) in [5.41, 5.74) is 0.576. The van der Waals surface area contributed by atoms with Gasteiger partial charge in [-0.2, -0.15) is 0 Å². The van der Waals surface area contributed by atoms with Gasteiger partial charge in [-0.1, -0.05) is 103 Å². The predicted octanol–water partition coefficient (Wildman–Crippen LogP) is 7.06. The Kier molecular flexibility index (Phi) is 19.9. The van der Waals surface area contributed by atoms with E-state index in [0.29, 0.717) is 24.8 Å². The van der Waals surface area contributed by atoms with Crippen molar-refractivity contribution < 1.29 is 34.7 Å². The minimum absolute atomic E-state index is 0.147. The lowest BCUT2D eigenvalue weighted by molar-refractivity contribution is -0.139. The molecule has 2 aliphatic heterocycles. The number of esters is 1. The van der Waals surface area contributed by atoms with Crippen molar-refractivity contribution in [3.8, 4) is 0 Å². The summed E-state index contributed by atoms with van der Waals surface area (Å²) in [4.78, 5) is 11.6. The fourth-order valence-corrected chi connectivity index (χ4v) is 6.42. The molecule has 7 heteroatoms. The molecule has 0 bridgehead atoms. The molecule has 0 unspecified atom stereocenters. The van der Waals surface area contributed by atoms with Crippen molar-refractivity contribution >= 4 is 5.97 Å². The van der Waals surface area contributed by atoms with E-state index in [1.54, 1.807) is 6.08 Å². The van der Waals surface area contributed by atoms with Gasteiger partial charge in [0.2, 0.25) is 0 Å². The molecule has 0 amide bonds. The molecular formula is C35H64O7. The van der Waals surface area contributed by atoms with Gasteiger partial charge in [-0.05, 0) is 57.9 Å². The first kappa shape index (κ1) is 37.2. The maximum Gasteiger partial charge on any atom is 0.334 e. The number of carbonyl (C=O) groups excluding carboxylic acids is 1. The van der Waals surface area contributed by atoms with E-state index in [-0.39, 0.29) is 30.4 Å². The molecule has 1 fully saturated rings. The number of cyclic esters (lactones) is 1. The molecule has 0 aromatic rings. The van der Waals surface area contributed by atoms with E-state index in [0.717, 1.165) is 70.6 Å². The van der Waals surface area contributed by atoms with Crippen LogP contribution in [0.2, 0.25) is 0 Å². The van der Waals surface area contributed by atoms with Gasteiger partial charge in [0.25, 0.3) is 0 Å². The first-order valence-electron chi connectivity index (χ1n) is 17.6. The highest BCUT2D eigenvalue weighted by atomic mass is 16.5. The van der Waals surface area contributed by atoms with E-state index in [1.165, 1.54) is 57.8 Å². The minimum atomic E-state index is -0.530. The third kappa shape index (κ3) is 16.2. The standard InChI is InChI=1S/C35H64O7/c1-3-4-5-6-7-8-9-10-11-15-21-31(38)33-23-24-34(42-33)32(39)22-17-16-19-29(36)18-13-12-14-20-30(37)26-28-25-27(2)41-35(28)40/h25,27,29-34,36-39H,3-24,26H2,1-2H3/t27-,29-,30+,31+,32+,33+,34+/m0/s1. The first-order valence-corrected chi connectivity index (χ1v) is 17.6. The van der Waals surface area contributed by atoms with Gasteiger partial charge in [-0.15, -0.1) is 0 Å². The van der Waals surface area contributed by atoms with Crippen molar-refractivity contribution in [1.82, 2.24) is 0 Å². The van der Waals surface area contributed by atoms with Crippen molar-refractivity contribution in [3.05, 3.63) is 11.6 Å². The lowest BCUT2D eigenvalue weighted by Gasteiger charge is -2.22. The Hall–Kier alpha value is -0.990. The van der Waals surface area contributed by atoms with Crippen LogP contribution in [0.4, 0.5) is 0 Å². The van der Waals surface area contributed by atoms with Crippen molar-refractivity contribution in [2.45, 2.75) is 204 Å². The summed E-state index contributed by atoms with van der Waals surface area (Å²) < 4.78 is 11.1. The van der Waals surface area contributed by atoms with Crippen molar-refractivity contribution in [2.24, 2.45) is 0 Å². The van der Waals surface area contributed by atoms with E-state index in [1.807, 2.05) is 6.92 Å². The number of carbonyl (C=O) groups is 1. The molecule has 0 saturated carbocycles. The van der Waals surface area contributed by atoms with Crippen LogP contribution in [-0.4, -0.2) is 69.1 Å². The highest BCUT2D eigenvalue weighted by molar-refractivity contribution is 5.90. The van der Waals surface area contributed by atoms with E-state index in [2.05, 4.69) is 6.92 Å². The molecule has 0 aromatic heterocycles. The fraction of sp³-hybridized carbons (Fsp3) is 0.914. The van der Waals surface area contributed by atoms with E-state index in [4.69, 9.17) is 9.47 Å². The summed E-state index contributed by atoms with van der Waals surface area (Å²) in [5.74, 6) is -0.314. The Balaban J connectivity index is 1.41. The number of unbranched alkanes of at least 4 members (excludes halogenated alkanes) is 12. The molecule has 4 N–H and O–H groups in total. The Morgan fingerprint density at radius 1 is 0.667 bits per heavy atom. The minimum Gasteiger partial charge on any atom is -0.455 e. The highest BCUT2D eigenvalue weighted by Crippen LogP contribution is 2.28. The molecule has 2 heterocycles. The van der Waals surface area contributed by atoms with Gasteiger partial charge in [0.1, 0.15) is 6.10 Å². The van der Waals surface area contributed by atoms with Crippen LogP contribution in [0.5, 0.6) is 0 Å². The molecular weight excluding hydrogens is 532 g/mol. The van der Waals surface area contributed by atoms with Crippen LogP contribution in [0.1, 0.15) is 162 Å². The topological polar surface area (TPSA) is 116 Å². The zero-order chi connectivity index (χ0) is 30.6. The molecule has 1 saturated heterocycles. The summed E-state index contributed by atoms with van der Waals surface area (Å²) >= 11 is 0. The average Bonchev–Trinajstić information content (AvgIpc) is 3.58. The van der Waals surface area contributed by atoms with Crippen LogP contribution in [0, 0.1) is 0 Å². The number of rotatable bonds is 26. The first-order chi connectivity index (χ1) is 20.3. The molecule has 2 aliphatic rings. The van der Waals surface area contributed by atoms with E-state index in [9.17, 15) is 25.2 Å². The molecule has 246 valence electrons. The Labute approximate surface area is 256 Å². The highest BCUT2D eigenvalue weighted by Gasteiger charge is 2.34. The number of hydrogen-bond donors (Lipinski definition) is 4. The monoisotopic (exact) mass is 596 g/mol. The summed E-state index contributed by atoms with van der Waals surface area (Å²) in [6, 6.07) is 0. The van der Waals surface area contributed by atoms with Gasteiger partial charge in [-0.25, -0.2) is 4.79 Å². The Morgan fingerprint density at radius 2 is 1.10 bits per heavy atom. The van der Waals surface area contributed by atoms with Gasteiger partial charge in [0.05, 0.1) is 36.6 Å². The maximum atomic E-state index is 11.6. The second kappa shape index (κ2) is 22.5. The quantitative estimate of drug-likeness (QED) is 0.0624. The molecule has 0 radical (unpaired) electrons. The second-order valence-electron chi connectivity index (χ2n) is 13.1. The average molecular weight is 597 g/mol. The molecule has 0 spiro atoms. The van der Waals surface area contributed by atoms with Gasteiger partial charge in [0.15, 0.2) is 0 Å². The zero-order valence-corrected chi connectivity index (χ0v) is 26.9. The lowest BCUT2D eigenvalue weighted by Crippen LogP contribution is -2.31. The van der Waals surface area contributed by atoms with Crippen molar-refractivity contribution in [3.63, 3.8) is 0 Å². The third-order valence-corrected chi connectivity index (χ3v) is 9.11. The largest absolute Gasteiger partial charge is 0.455 e. The summed E-state index contributed by atoms with van der Waals surface area (Å²) in [7, 11) is 0. The van der Waals surface area contributed by atoms with Crippen LogP contribution < -0.4 is 0 Å². The van der Waals surface area contributed by atoms with Crippen molar-refractivity contribution in [1.29, 1.82) is 0 Å². The van der Waals surface area contributed by atoms with E-state index < -0.39 is 18.3 Å². The second-order valence-corrected chi connectivity index (χ2v) is 13.1. The number of hydrogen-bond acceptors (Lipinski definition) is 7. The lowest BCUT2D eigenvalue weighted by atomic mass is 9.99. The van der Waals surface area contributed by atoms with Crippen LogP contribution in [0.15, 0.2) is 11.6 Å². The summed E-state index contributed by atoms with van der Waals surface area (Å²) in [6.07, 6.45) is 22.4. The molecule has 2 rings (SSSR count). The number of aliphatic hydroxyl groups excluding tert-OH is 4. The third-order valence-electron chi connectivity index (χ3n) is 9.11. The van der Waals surface area contributed by atoms with Crippen LogP contribution in [-0.2, 0) is 14.3 Å². The maximum absolute atomic E-state index is 11.6. The molecule has 7 nitrogen and oxygen atoms in total. The van der Waals surface area contributed by atoms with Crippen molar-refractivity contribution in [2.75, 3.05) is 0 Å². The molecule has 7 atom stereocenters. The van der Waals surface area contributed by atoms with E-state index >= 15 is 0 Å². The smallest absolute Gasteiger partial charge is 0.334 e. The Morgan fingerprint density at radius 3 is 1.62 bits per heavy atom. The molecule has 42 heavy (non-hydrogen) atoms. The predicted molar refractivity (Wildman–Crippen MR) is 168 cm³/mol. The number of aliphatic hydroxyl groups is 4. The number of ether oxygens (including phenoxy) is 2. The van der Waals surface area contributed by atoms with Gasteiger partial charge in [0, 0.05) is 12.0 Å². The molecule has 0 aliphatic carbocycles. The normalized spacial score (nSPS) is 23.5. The SMILES string of the molecule is CCCCCCCCCCCC[C@@H](O)[C@H]1CC[C@H]([C@H](O)CCCC[C@@H](O)CCCCC[C@@H](O)CC2=C[C@H](C)OC2=O)O1. The molecule has 0 aromatic carbocycles. The van der Waals surface area contributed by atoms with Gasteiger partial charge >= 0.3 is 5.97 Å². The zero-order valence-electron chi connectivity index (χ0n) is 26.9. The van der Waals surface area contributed by atoms with Gasteiger partial charge in [-0.3, -0.25) is 0 Å². The summed E-state index contributed by atoms with van der Waals surface area (Å²) in [5, 5.41) is 41.7.